The van der Waals surface area contributed by atoms with E-state index < -0.39 is 5.91 Å². The molecule has 31 heavy (non-hydrogen) atoms. The SMILES string of the molecule is N#Cc1cccc(Cn2ccc3c(/C=N/NC(=O)c4ccc(O)c(Cl)c4)cccc32)c1. The van der Waals surface area contributed by atoms with Gasteiger partial charge in [0.15, 0.2) is 0 Å². The van der Waals surface area contributed by atoms with E-state index in [4.69, 9.17) is 16.9 Å². The third-order valence-electron chi connectivity index (χ3n) is 4.84. The average molecular weight is 429 g/mol. The highest BCUT2D eigenvalue weighted by Gasteiger charge is 2.08. The summed E-state index contributed by atoms with van der Waals surface area (Å²) in [4.78, 5) is 12.2. The van der Waals surface area contributed by atoms with Crippen LogP contribution in [0.15, 0.2) is 78.0 Å². The van der Waals surface area contributed by atoms with E-state index in [0.717, 1.165) is 22.0 Å². The van der Waals surface area contributed by atoms with Crippen LogP contribution in [-0.4, -0.2) is 21.8 Å². The number of nitriles is 1. The molecule has 0 aliphatic carbocycles. The molecule has 1 amide bonds. The first-order valence-electron chi connectivity index (χ1n) is 9.44. The average Bonchev–Trinajstić information content (AvgIpc) is 3.19. The number of phenolic OH excluding ortho intramolecular Hbond substituents is 1. The van der Waals surface area contributed by atoms with Crippen molar-refractivity contribution in [3.05, 3.63) is 100 Å². The van der Waals surface area contributed by atoms with Crippen molar-refractivity contribution in [2.75, 3.05) is 0 Å². The minimum Gasteiger partial charge on any atom is -0.506 e. The van der Waals surface area contributed by atoms with Crippen LogP contribution in [0.3, 0.4) is 0 Å². The second-order valence-electron chi connectivity index (χ2n) is 6.90. The lowest BCUT2D eigenvalue weighted by molar-refractivity contribution is 0.0955. The number of fused-ring (bicyclic) bond motifs is 1. The van der Waals surface area contributed by atoms with Gasteiger partial charge in [-0.3, -0.25) is 4.79 Å². The van der Waals surface area contributed by atoms with Crippen molar-refractivity contribution >= 4 is 34.6 Å². The van der Waals surface area contributed by atoms with E-state index in [1.54, 1.807) is 12.3 Å². The van der Waals surface area contributed by atoms with Gasteiger partial charge in [0.25, 0.3) is 5.91 Å². The molecule has 0 radical (unpaired) electrons. The van der Waals surface area contributed by atoms with Crippen LogP contribution in [0.1, 0.15) is 27.0 Å². The number of aromatic hydroxyl groups is 1. The summed E-state index contributed by atoms with van der Waals surface area (Å²) < 4.78 is 2.10. The van der Waals surface area contributed by atoms with E-state index in [9.17, 15) is 9.90 Å². The van der Waals surface area contributed by atoms with Gasteiger partial charge in [0.1, 0.15) is 5.75 Å². The maximum atomic E-state index is 12.2. The first-order valence-corrected chi connectivity index (χ1v) is 9.82. The Morgan fingerprint density at radius 2 is 2.00 bits per heavy atom. The molecule has 0 atom stereocenters. The molecule has 1 heterocycles. The molecule has 0 fully saturated rings. The fourth-order valence-corrected chi connectivity index (χ4v) is 3.49. The predicted molar refractivity (Wildman–Crippen MR) is 120 cm³/mol. The third-order valence-corrected chi connectivity index (χ3v) is 5.14. The Balaban J connectivity index is 1.53. The van der Waals surface area contributed by atoms with Crippen LogP contribution in [0.5, 0.6) is 5.75 Å². The van der Waals surface area contributed by atoms with E-state index in [2.05, 4.69) is 21.2 Å². The summed E-state index contributed by atoms with van der Waals surface area (Å²) in [6, 6.07) is 21.7. The molecule has 0 unspecified atom stereocenters. The molecule has 7 heteroatoms. The molecule has 1 aromatic heterocycles. The molecule has 4 aromatic rings. The summed E-state index contributed by atoms with van der Waals surface area (Å²) in [6.45, 7) is 0.637. The monoisotopic (exact) mass is 428 g/mol. The van der Waals surface area contributed by atoms with E-state index >= 15 is 0 Å². The molecule has 3 aromatic carbocycles. The lowest BCUT2D eigenvalue weighted by Crippen LogP contribution is -2.17. The van der Waals surface area contributed by atoms with Gasteiger partial charge in [-0.2, -0.15) is 10.4 Å². The number of aromatic nitrogens is 1. The van der Waals surface area contributed by atoms with Gasteiger partial charge in [0, 0.05) is 34.8 Å². The van der Waals surface area contributed by atoms with Crippen molar-refractivity contribution in [1.82, 2.24) is 9.99 Å². The molecular weight excluding hydrogens is 412 g/mol. The molecule has 6 nitrogen and oxygen atoms in total. The molecule has 0 aliphatic rings. The number of rotatable bonds is 5. The molecular formula is C24H17ClN4O2. The Kier molecular flexibility index (Phi) is 5.69. The highest BCUT2D eigenvalue weighted by molar-refractivity contribution is 6.32. The van der Waals surface area contributed by atoms with E-state index in [1.807, 2.05) is 48.7 Å². The molecule has 0 saturated carbocycles. The fourth-order valence-electron chi connectivity index (χ4n) is 3.31. The van der Waals surface area contributed by atoms with Crippen molar-refractivity contribution in [1.29, 1.82) is 5.26 Å². The van der Waals surface area contributed by atoms with Crippen LogP contribution in [-0.2, 0) is 6.54 Å². The minimum atomic E-state index is -0.430. The zero-order chi connectivity index (χ0) is 21.8. The van der Waals surface area contributed by atoms with Crippen molar-refractivity contribution in [2.45, 2.75) is 6.54 Å². The van der Waals surface area contributed by atoms with Gasteiger partial charge in [-0.25, -0.2) is 5.43 Å². The largest absolute Gasteiger partial charge is 0.506 e. The highest BCUT2D eigenvalue weighted by atomic mass is 35.5. The first-order chi connectivity index (χ1) is 15.0. The van der Waals surface area contributed by atoms with Crippen LogP contribution in [0.2, 0.25) is 5.02 Å². The van der Waals surface area contributed by atoms with Crippen molar-refractivity contribution in [3.8, 4) is 11.8 Å². The van der Waals surface area contributed by atoms with Crippen LogP contribution >= 0.6 is 11.6 Å². The normalized spacial score (nSPS) is 11.0. The Hall–Kier alpha value is -4.08. The van der Waals surface area contributed by atoms with Crippen molar-refractivity contribution < 1.29 is 9.90 Å². The number of nitrogens with one attached hydrogen (secondary N) is 1. The zero-order valence-electron chi connectivity index (χ0n) is 16.3. The number of hydrazone groups is 1. The number of amides is 1. The number of carbonyl (C=O) groups excluding carboxylic acids is 1. The van der Waals surface area contributed by atoms with Crippen LogP contribution < -0.4 is 5.43 Å². The molecule has 0 saturated heterocycles. The Morgan fingerprint density at radius 3 is 2.81 bits per heavy atom. The minimum absolute atomic E-state index is 0.0859. The Bertz CT molecular complexity index is 1350. The van der Waals surface area contributed by atoms with Gasteiger partial charge in [0.05, 0.1) is 22.9 Å². The highest BCUT2D eigenvalue weighted by Crippen LogP contribution is 2.24. The van der Waals surface area contributed by atoms with Gasteiger partial charge in [-0.05, 0) is 48.0 Å². The molecule has 4 rings (SSSR count). The standard InChI is InChI=1S/C24H17ClN4O2/c25-21-12-18(7-8-23(21)30)24(31)28-27-14-19-5-2-6-22-20(19)9-10-29(22)15-17-4-1-3-16(11-17)13-26/h1-12,14,30H,15H2,(H,28,31)/b27-14+. The van der Waals surface area contributed by atoms with Crippen LogP contribution in [0.4, 0.5) is 0 Å². The number of carbonyl (C=O) groups is 1. The summed E-state index contributed by atoms with van der Waals surface area (Å²) in [7, 11) is 0. The lowest BCUT2D eigenvalue weighted by Gasteiger charge is -2.07. The smallest absolute Gasteiger partial charge is 0.271 e. The fraction of sp³-hybridized carbons (Fsp3) is 0.0417. The number of hydrogen-bond donors (Lipinski definition) is 2. The summed E-state index contributed by atoms with van der Waals surface area (Å²) in [5, 5.41) is 23.7. The molecule has 152 valence electrons. The van der Waals surface area contributed by atoms with Crippen molar-refractivity contribution in [2.24, 2.45) is 5.10 Å². The summed E-state index contributed by atoms with van der Waals surface area (Å²) in [6.07, 6.45) is 3.57. The van der Waals surface area contributed by atoms with Crippen molar-refractivity contribution in [3.63, 3.8) is 0 Å². The van der Waals surface area contributed by atoms with E-state index in [0.29, 0.717) is 17.7 Å². The van der Waals surface area contributed by atoms with Gasteiger partial charge in [-0.15, -0.1) is 0 Å². The van der Waals surface area contributed by atoms with E-state index in [1.165, 1.54) is 18.2 Å². The summed E-state index contributed by atoms with van der Waals surface area (Å²) >= 11 is 5.84. The van der Waals surface area contributed by atoms with Gasteiger partial charge < -0.3 is 9.67 Å². The lowest BCUT2D eigenvalue weighted by atomic mass is 10.1. The Labute approximate surface area is 183 Å². The van der Waals surface area contributed by atoms with Crippen LogP contribution in [0, 0.1) is 11.3 Å². The third kappa shape index (κ3) is 4.42. The maximum absolute atomic E-state index is 12.2. The first kappa shape index (κ1) is 20.2. The number of phenols is 1. The number of halogens is 1. The predicted octanol–water partition coefficient (Wildman–Crippen LogP) is 4.68. The second kappa shape index (κ2) is 8.74. The number of hydrogen-bond acceptors (Lipinski definition) is 4. The molecule has 0 bridgehead atoms. The molecule has 0 spiro atoms. The van der Waals surface area contributed by atoms with Crippen LogP contribution in [0.25, 0.3) is 10.9 Å². The number of nitrogens with zero attached hydrogens (tertiary/aromatic N) is 3. The second-order valence-corrected chi connectivity index (χ2v) is 7.31. The Morgan fingerprint density at radius 1 is 1.16 bits per heavy atom. The molecule has 0 aliphatic heterocycles. The quantitative estimate of drug-likeness (QED) is 0.357. The molecule has 2 N–H and O–H groups in total. The summed E-state index contributed by atoms with van der Waals surface area (Å²) in [5.74, 6) is -0.516. The van der Waals surface area contributed by atoms with Gasteiger partial charge >= 0.3 is 0 Å². The number of benzene rings is 3. The zero-order valence-corrected chi connectivity index (χ0v) is 17.0. The van der Waals surface area contributed by atoms with Gasteiger partial charge in [-0.1, -0.05) is 35.9 Å². The topological polar surface area (TPSA) is 90.4 Å². The van der Waals surface area contributed by atoms with Gasteiger partial charge in [0.2, 0.25) is 0 Å². The van der Waals surface area contributed by atoms with E-state index in [-0.39, 0.29) is 10.8 Å². The maximum Gasteiger partial charge on any atom is 0.271 e. The summed E-state index contributed by atoms with van der Waals surface area (Å²) in [5.41, 5.74) is 6.31.